The maximum absolute atomic E-state index is 12.1. The molecule has 0 aromatic heterocycles. The van der Waals surface area contributed by atoms with E-state index in [0.717, 1.165) is 6.54 Å². The molecule has 0 aliphatic heterocycles. The van der Waals surface area contributed by atoms with Gasteiger partial charge in [0.15, 0.2) is 0 Å². The highest BCUT2D eigenvalue weighted by Crippen LogP contribution is 2.33. The SMILES string of the molecule is COCCN(CC(C)C)C(=O)CC(N)C1CC1. The van der Waals surface area contributed by atoms with Crippen LogP contribution in [-0.4, -0.2) is 43.7 Å². The Morgan fingerprint density at radius 1 is 1.47 bits per heavy atom. The van der Waals surface area contributed by atoms with Crippen LogP contribution in [0.3, 0.4) is 0 Å². The number of rotatable bonds is 8. The average molecular weight is 242 g/mol. The van der Waals surface area contributed by atoms with E-state index in [0.29, 0.717) is 31.4 Å². The number of carbonyl (C=O) groups excluding carboxylic acids is 1. The Hall–Kier alpha value is -0.610. The van der Waals surface area contributed by atoms with E-state index in [1.807, 2.05) is 4.90 Å². The molecular weight excluding hydrogens is 216 g/mol. The third kappa shape index (κ3) is 5.50. The van der Waals surface area contributed by atoms with Gasteiger partial charge in [0.25, 0.3) is 0 Å². The fourth-order valence-corrected chi connectivity index (χ4v) is 1.98. The molecule has 0 aromatic carbocycles. The summed E-state index contributed by atoms with van der Waals surface area (Å²) in [5, 5.41) is 0. The molecule has 1 amide bonds. The van der Waals surface area contributed by atoms with Crippen LogP contribution in [0.25, 0.3) is 0 Å². The molecule has 0 bridgehead atoms. The van der Waals surface area contributed by atoms with Crippen LogP contribution < -0.4 is 5.73 Å². The molecule has 1 atom stereocenters. The summed E-state index contributed by atoms with van der Waals surface area (Å²) in [5.74, 6) is 1.24. The van der Waals surface area contributed by atoms with Crippen molar-refractivity contribution in [2.45, 2.75) is 39.2 Å². The largest absolute Gasteiger partial charge is 0.383 e. The maximum Gasteiger partial charge on any atom is 0.224 e. The summed E-state index contributed by atoms with van der Waals surface area (Å²) in [6.45, 7) is 6.30. The lowest BCUT2D eigenvalue weighted by atomic mass is 10.1. The Bertz CT molecular complexity index is 240. The van der Waals surface area contributed by atoms with Gasteiger partial charge >= 0.3 is 0 Å². The first-order valence-corrected chi connectivity index (χ1v) is 6.57. The first-order chi connectivity index (χ1) is 8.04. The van der Waals surface area contributed by atoms with Gasteiger partial charge in [0.2, 0.25) is 5.91 Å². The second-order valence-electron chi connectivity index (χ2n) is 5.43. The number of hydrogen-bond acceptors (Lipinski definition) is 3. The molecule has 4 heteroatoms. The number of nitrogens with two attached hydrogens (primary N) is 1. The fourth-order valence-electron chi connectivity index (χ4n) is 1.98. The highest BCUT2D eigenvalue weighted by Gasteiger charge is 2.31. The standard InChI is InChI=1S/C13H26N2O2/c1-10(2)9-15(6-7-17-3)13(16)8-12(14)11-4-5-11/h10-12H,4-9,14H2,1-3H3. The molecule has 1 rings (SSSR count). The molecule has 0 saturated heterocycles. The van der Waals surface area contributed by atoms with Crippen molar-refractivity contribution in [1.82, 2.24) is 4.90 Å². The smallest absolute Gasteiger partial charge is 0.224 e. The summed E-state index contributed by atoms with van der Waals surface area (Å²) in [5.41, 5.74) is 6.00. The Morgan fingerprint density at radius 3 is 2.59 bits per heavy atom. The summed E-state index contributed by atoms with van der Waals surface area (Å²) in [6, 6.07) is 0.0553. The molecule has 1 aliphatic rings. The number of amides is 1. The highest BCUT2D eigenvalue weighted by molar-refractivity contribution is 5.76. The monoisotopic (exact) mass is 242 g/mol. The van der Waals surface area contributed by atoms with E-state index in [-0.39, 0.29) is 11.9 Å². The van der Waals surface area contributed by atoms with Gasteiger partial charge < -0.3 is 15.4 Å². The molecule has 2 N–H and O–H groups in total. The van der Waals surface area contributed by atoms with Crippen LogP contribution in [0.4, 0.5) is 0 Å². The first kappa shape index (κ1) is 14.5. The van der Waals surface area contributed by atoms with Crippen LogP contribution in [-0.2, 0) is 9.53 Å². The normalized spacial score (nSPS) is 17.2. The van der Waals surface area contributed by atoms with Crippen molar-refractivity contribution >= 4 is 5.91 Å². The predicted molar refractivity (Wildman–Crippen MR) is 68.6 cm³/mol. The number of carbonyl (C=O) groups is 1. The van der Waals surface area contributed by atoms with Crippen molar-refractivity contribution in [3.63, 3.8) is 0 Å². The predicted octanol–water partition coefficient (Wildman–Crippen LogP) is 1.24. The minimum atomic E-state index is 0.0553. The molecule has 1 saturated carbocycles. The summed E-state index contributed by atoms with van der Waals surface area (Å²) in [7, 11) is 1.66. The van der Waals surface area contributed by atoms with Crippen LogP contribution in [0, 0.1) is 11.8 Å². The Labute approximate surface area is 104 Å². The molecular formula is C13H26N2O2. The number of ether oxygens (including phenoxy) is 1. The highest BCUT2D eigenvalue weighted by atomic mass is 16.5. The Kier molecular flexibility index (Phi) is 5.92. The minimum absolute atomic E-state index is 0.0553. The Balaban J connectivity index is 2.39. The first-order valence-electron chi connectivity index (χ1n) is 6.57. The average Bonchev–Trinajstić information content (AvgIpc) is 3.06. The zero-order chi connectivity index (χ0) is 12.8. The summed E-state index contributed by atoms with van der Waals surface area (Å²) >= 11 is 0. The molecule has 0 radical (unpaired) electrons. The third-order valence-electron chi connectivity index (χ3n) is 3.14. The number of methoxy groups -OCH3 is 1. The second-order valence-corrected chi connectivity index (χ2v) is 5.43. The van der Waals surface area contributed by atoms with E-state index >= 15 is 0 Å². The summed E-state index contributed by atoms with van der Waals surface area (Å²) < 4.78 is 5.04. The molecule has 1 unspecified atom stereocenters. The molecule has 100 valence electrons. The Morgan fingerprint density at radius 2 is 2.12 bits per heavy atom. The van der Waals surface area contributed by atoms with Crippen LogP contribution in [0.2, 0.25) is 0 Å². The van der Waals surface area contributed by atoms with E-state index in [4.69, 9.17) is 10.5 Å². The van der Waals surface area contributed by atoms with E-state index < -0.39 is 0 Å². The topological polar surface area (TPSA) is 55.6 Å². The van der Waals surface area contributed by atoms with Gasteiger partial charge in [0.05, 0.1) is 6.61 Å². The fraction of sp³-hybridized carbons (Fsp3) is 0.923. The molecule has 0 heterocycles. The minimum Gasteiger partial charge on any atom is -0.383 e. The van der Waals surface area contributed by atoms with Gasteiger partial charge in [0, 0.05) is 32.7 Å². The van der Waals surface area contributed by atoms with Crippen molar-refractivity contribution < 1.29 is 9.53 Å². The zero-order valence-electron chi connectivity index (χ0n) is 11.3. The van der Waals surface area contributed by atoms with Gasteiger partial charge in [-0.05, 0) is 24.7 Å². The lowest BCUT2D eigenvalue weighted by molar-refractivity contribution is -0.132. The van der Waals surface area contributed by atoms with E-state index in [1.165, 1.54) is 12.8 Å². The van der Waals surface area contributed by atoms with Crippen molar-refractivity contribution in [3.05, 3.63) is 0 Å². The molecule has 0 spiro atoms. The summed E-state index contributed by atoms with van der Waals surface area (Å²) in [6.07, 6.45) is 2.87. The molecule has 4 nitrogen and oxygen atoms in total. The van der Waals surface area contributed by atoms with E-state index in [9.17, 15) is 4.79 Å². The van der Waals surface area contributed by atoms with Gasteiger partial charge in [0.1, 0.15) is 0 Å². The van der Waals surface area contributed by atoms with Crippen molar-refractivity contribution in [1.29, 1.82) is 0 Å². The molecule has 17 heavy (non-hydrogen) atoms. The van der Waals surface area contributed by atoms with Gasteiger partial charge in [-0.2, -0.15) is 0 Å². The van der Waals surface area contributed by atoms with Crippen LogP contribution >= 0.6 is 0 Å². The van der Waals surface area contributed by atoms with Crippen molar-refractivity contribution in [2.75, 3.05) is 26.8 Å². The number of hydrogen-bond donors (Lipinski definition) is 1. The molecule has 0 aromatic rings. The van der Waals surface area contributed by atoms with Gasteiger partial charge in [-0.25, -0.2) is 0 Å². The maximum atomic E-state index is 12.1. The van der Waals surface area contributed by atoms with Gasteiger partial charge in [-0.1, -0.05) is 13.8 Å². The van der Waals surface area contributed by atoms with Crippen LogP contribution in [0.1, 0.15) is 33.1 Å². The zero-order valence-corrected chi connectivity index (χ0v) is 11.3. The molecule has 1 aliphatic carbocycles. The lowest BCUT2D eigenvalue weighted by Crippen LogP contribution is -2.40. The van der Waals surface area contributed by atoms with Crippen LogP contribution in [0.15, 0.2) is 0 Å². The van der Waals surface area contributed by atoms with E-state index in [2.05, 4.69) is 13.8 Å². The van der Waals surface area contributed by atoms with Gasteiger partial charge in [-0.3, -0.25) is 4.79 Å². The number of nitrogens with zero attached hydrogens (tertiary/aromatic N) is 1. The van der Waals surface area contributed by atoms with E-state index in [1.54, 1.807) is 7.11 Å². The summed E-state index contributed by atoms with van der Waals surface area (Å²) in [4.78, 5) is 14.0. The molecule has 1 fully saturated rings. The van der Waals surface area contributed by atoms with Gasteiger partial charge in [-0.15, -0.1) is 0 Å². The third-order valence-corrected chi connectivity index (χ3v) is 3.14. The van der Waals surface area contributed by atoms with Crippen molar-refractivity contribution in [3.8, 4) is 0 Å². The lowest BCUT2D eigenvalue weighted by Gasteiger charge is -2.25. The van der Waals surface area contributed by atoms with Crippen LogP contribution in [0.5, 0.6) is 0 Å². The second kappa shape index (κ2) is 6.97. The quantitative estimate of drug-likeness (QED) is 0.697. The van der Waals surface area contributed by atoms with Crippen molar-refractivity contribution in [2.24, 2.45) is 17.6 Å².